The van der Waals surface area contributed by atoms with Crippen molar-refractivity contribution in [2.24, 2.45) is 0 Å². The molecule has 0 bridgehead atoms. The van der Waals surface area contributed by atoms with Crippen molar-refractivity contribution < 1.29 is 9.72 Å². The minimum Gasteiger partial charge on any atom is -0.318 e. The largest absolute Gasteiger partial charge is 0.318 e. The van der Waals surface area contributed by atoms with E-state index in [2.05, 4.69) is 10.6 Å². The van der Waals surface area contributed by atoms with E-state index in [0.717, 1.165) is 32.4 Å². The van der Waals surface area contributed by atoms with Crippen molar-refractivity contribution in [3.05, 3.63) is 87.4 Å². The summed E-state index contributed by atoms with van der Waals surface area (Å²) in [5.41, 5.74) is 4.73. The van der Waals surface area contributed by atoms with E-state index < -0.39 is 4.92 Å². The number of carbonyl (C=O) groups excluding carboxylic acids is 1. The normalized spacial score (nSPS) is 15.0. The molecular weight excluding hydrogens is 468 g/mol. The number of nitrogens with zero attached hydrogens (tertiary/aromatic N) is 4. The third-order valence-electron chi connectivity index (χ3n) is 5.80. The number of hydrogen-bond acceptors (Lipinski definition) is 5. The van der Waals surface area contributed by atoms with Crippen molar-refractivity contribution >= 4 is 46.8 Å². The lowest BCUT2D eigenvalue weighted by Crippen LogP contribution is -2.30. The Morgan fingerprint density at radius 3 is 2.18 bits per heavy atom. The molecule has 1 aliphatic rings. The fraction of sp³-hybridized carbons (Fsp3) is 0.200. The highest BCUT2D eigenvalue weighted by Crippen LogP contribution is 2.31. The highest BCUT2D eigenvalue weighted by molar-refractivity contribution is 7.99. The molecule has 34 heavy (non-hydrogen) atoms. The monoisotopic (exact) mass is 492 g/mol. The lowest BCUT2D eigenvalue weighted by atomic mass is 10.2. The van der Waals surface area contributed by atoms with Crippen molar-refractivity contribution in [3.8, 4) is 5.69 Å². The van der Waals surface area contributed by atoms with Gasteiger partial charge in [-0.25, -0.2) is 0 Å². The molecule has 0 aliphatic carbocycles. The molecule has 1 amide bonds. The molecule has 3 aromatic rings. The second-order valence-electron chi connectivity index (χ2n) is 7.93. The molecule has 2 aromatic carbocycles. The van der Waals surface area contributed by atoms with Gasteiger partial charge in [0.15, 0.2) is 5.11 Å². The number of nitro groups is 1. The lowest BCUT2D eigenvalue weighted by Gasteiger charge is -2.13. The van der Waals surface area contributed by atoms with E-state index >= 15 is 0 Å². The van der Waals surface area contributed by atoms with Crippen LogP contribution in [0.15, 0.2) is 70.1 Å². The molecule has 0 N–H and O–H groups in total. The topological polar surface area (TPSA) is 71.6 Å². The molecule has 1 aromatic heterocycles. The number of thiocarbonyl (C=S) groups is 1. The van der Waals surface area contributed by atoms with Crippen LogP contribution in [0, 0.1) is 24.0 Å². The summed E-state index contributed by atoms with van der Waals surface area (Å²) >= 11 is 6.95. The zero-order chi connectivity index (χ0) is 24.6. The van der Waals surface area contributed by atoms with Crippen molar-refractivity contribution in [2.75, 3.05) is 13.6 Å². The molecular formula is C25H24N4O3S2. The number of aryl methyl sites for hydroxylation is 1. The number of non-ortho nitro benzene ring substituents is 1. The van der Waals surface area contributed by atoms with Crippen molar-refractivity contribution in [1.29, 1.82) is 0 Å². The van der Waals surface area contributed by atoms with E-state index in [4.69, 9.17) is 12.2 Å². The van der Waals surface area contributed by atoms with Gasteiger partial charge in [0.25, 0.3) is 11.6 Å². The number of likely N-dealkylation sites (N-methyl/N-ethyl adjacent to an activating group) is 2. The number of nitro benzene ring substituents is 1. The van der Waals surface area contributed by atoms with Gasteiger partial charge in [0.05, 0.1) is 4.92 Å². The summed E-state index contributed by atoms with van der Waals surface area (Å²) in [5.74, 6) is -0.0765. The van der Waals surface area contributed by atoms with Crippen LogP contribution in [0.25, 0.3) is 11.8 Å². The summed E-state index contributed by atoms with van der Waals surface area (Å²) in [5, 5.41) is 11.4. The van der Waals surface area contributed by atoms with Gasteiger partial charge in [-0.3, -0.25) is 19.8 Å². The van der Waals surface area contributed by atoms with E-state index in [9.17, 15) is 14.9 Å². The SMILES string of the molecule is CCN1C(=O)/C(=C/c2cc(C)n(-c3ccc(Sc4ccc([N+](=O)[O-])cc4)cc3)c2C)N(C)C1=S. The van der Waals surface area contributed by atoms with E-state index in [1.807, 2.05) is 58.2 Å². The maximum atomic E-state index is 12.8. The van der Waals surface area contributed by atoms with Crippen LogP contribution < -0.4 is 0 Å². The summed E-state index contributed by atoms with van der Waals surface area (Å²) in [6.07, 6.45) is 1.90. The Kier molecular flexibility index (Phi) is 6.58. The summed E-state index contributed by atoms with van der Waals surface area (Å²) in [6, 6.07) is 16.8. The van der Waals surface area contributed by atoms with Crippen LogP contribution in [-0.4, -0.2) is 43.9 Å². The molecule has 7 nitrogen and oxygen atoms in total. The molecule has 0 spiro atoms. The fourth-order valence-corrected chi connectivity index (χ4v) is 5.13. The minimum absolute atomic E-state index is 0.0765. The van der Waals surface area contributed by atoms with Crippen LogP contribution in [-0.2, 0) is 4.79 Å². The number of rotatable bonds is 6. The molecule has 0 atom stereocenters. The smallest absolute Gasteiger partial charge is 0.276 e. The number of carbonyl (C=O) groups is 1. The maximum Gasteiger partial charge on any atom is 0.276 e. The molecule has 174 valence electrons. The summed E-state index contributed by atoms with van der Waals surface area (Å²) < 4.78 is 2.15. The Morgan fingerprint density at radius 1 is 1.06 bits per heavy atom. The molecule has 1 fully saturated rings. The molecule has 0 saturated carbocycles. The number of benzene rings is 2. The van der Waals surface area contributed by atoms with Crippen molar-refractivity contribution in [2.45, 2.75) is 30.6 Å². The fourth-order valence-electron chi connectivity index (χ4n) is 4.00. The zero-order valence-electron chi connectivity index (χ0n) is 19.3. The van der Waals surface area contributed by atoms with Crippen molar-refractivity contribution in [1.82, 2.24) is 14.4 Å². The summed E-state index contributed by atoms with van der Waals surface area (Å²) in [4.78, 5) is 28.5. The molecule has 2 heterocycles. The first kappa shape index (κ1) is 23.7. The second kappa shape index (κ2) is 9.44. The minimum atomic E-state index is -0.399. The first-order valence-electron chi connectivity index (χ1n) is 10.7. The highest BCUT2D eigenvalue weighted by atomic mass is 32.2. The van der Waals surface area contributed by atoms with Gasteiger partial charge < -0.3 is 9.47 Å². The van der Waals surface area contributed by atoms with Crippen LogP contribution in [0.2, 0.25) is 0 Å². The first-order chi connectivity index (χ1) is 16.2. The van der Waals surface area contributed by atoms with Gasteiger partial charge in [-0.2, -0.15) is 0 Å². The van der Waals surface area contributed by atoms with Gasteiger partial charge in [0, 0.05) is 52.6 Å². The van der Waals surface area contributed by atoms with E-state index in [1.165, 1.54) is 12.1 Å². The third-order valence-corrected chi connectivity index (χ3v) is 7.31. The second-order valence-corrected chi connectivity index (χ2v) is 9.44. The van der Waals surface area contributed by atoms with Crippen LogP contribution in [0.4, 0.5) is 5.69 Å². The van der Waals surface area contributed by atoms with Crippen LogP contribution in [0.5, 0.6) is 0 Å². The predicted octanol–water partition coefficient (Wildman–Crippen LogP) is 5.57. The van der Waals surface area contributed by atoms with Crippen molar-refractivity contribution in [3.63, 3.8) is 0 Å². The Hall–Kier alpha value is -3.43. The van der Waals surface area contributed by atoms with Gasteiger partial charge in [0.2, 0.25) is 0 Å². The summed E-state index contributed by atoms with van der Waals surface area (Å²) in [7, 11) is 1.82. The average molecular weight is 493 g/mol. The Bertz CT molecular complexity index is 1310. The third kappa shape index (κ3) is 4.36. The predicted molar refractivity (Wildman–Crippen MR) is 138 cm³/mol. The lowest BCUT2D eigenvalue weighted by molar-refractivity contribution is -0.384. The molecule has 4 rings (SSSR count). The summed E-state index contributed by atoms with van der Waals surface area (Å²) in [6.45, 7) is 6.53. The van der Waals surface area contributed by atoms with Crippen LogP contribution in [0.3, 0.4) is 0 Å². The number of amides is 1. The van der Waals surface area contributed by atoms with E-state index in [-0.39, 0.29) is 11.6 Å². The quantitative estimate of drug-likeness (QED) is 0.194. The van der Waals surface area contributed by atoms with Gasteiger partial charge in [-0.05, 0) is 87.1 Å². The van der Waals surface area contributed by atoms with Gasteiger partial charge in [-0.1, -0.05) is 11.8 Å². The molecule has 0 unspecified atom stereocenters. The number of aromatic nitrogens is 1. The number of hydrogen-bond donors (Lipinski definition) is 0. The highest BCUT2D eigenvalue weighted by Gasteiger charge is 2.34. The van der Waals surface area contributed by atoms with Crippen LogP contribution in [0.1, 0.15) is 23.9 Å². The van der Waals surface area contributed by atoms with E-state index in [1.54, 1.807) is 33.7 Å². The molecule has 9 heteroatoms. The Labute approximate surface area is 207 Å². The standard InChI is InChI=1S/C25H24N4O3S2/c1-5-27-24(30)23(26(4)25(27)33)15-18-14-16(2)28(17(18)3)19-6-10-21(11-7-19)34-22-12-8-20(9-13-22)29(31)32/h6-15H,5H2,1-4H3/b23-15-. The van der Waals surface area contributed by atoms with Crippen LogP contribution >= 0.6 is 24.0 Å². The zero-order valence-corrected chi connectivity index (χ0v) is 20.9. The average Bonchev–Trinajstić information content (AvgIpc) is 3.21. The molecule has 0 radical (unpaired) electrons. The van der Waals surface area contributed by atoms with Gasteiger partial charge in [0.1, 0.15) is 5.70 Å². The Morgan fingerprint density at radius 2 is 1.65 bits per heavy atom. The maximum absolute atomic E-state index is 12.8. The first-order valence-corrected chi connectivity index (χ1v) is 12.0. The van der Waals surface area contributed by atoms with E-state index in [0.29, 0.717) is 17.4 Å². The Balaban J connectivity index is 1.58. The van der Waals surface area contributed by atoms with Gasteiger partial charge in [-0.15, -0.1) is 0 Å². The van der Waals surface area contributed by atoms with Gasteiger partial charge >= 0.3 is 0 Å². The molecule has 1 saturated heterocycles. The molecule has 1 aliphatic heterocycles.